The minimum atomic E-state index is -0.632. The Balaban J connectivity index is 1.94. The van der Waals surface area contributed by atoms with Crippen molar-refractivity contribution in [2.45, 2.75) is 26.2 Å². The van der Waals surface area contributed by atoms with Crippen LogP contribution in [0.2, 0.25) is 5.02 Å². The second kappa shape index (κ2) is 6.96. The fourth-order valence-electron chi connectivity index (χ4n) is 2.55. The van der Waals surface area contributed by atoms with Gasteiger partial charge >= 0.3 is 5.97 Å². The highest BCUT2D eigenvalue weighted by Crippen LogP contribution is 2.28. The molecule has 0 radical (unpaired) electrons. The van der Waals surface area contributed by atoms with Crippen molar-refractivity contribution in [1.29, 1.82) is 0 Å². The maximum Gasteiger partial charge on any atom is 0.363 e. The Morgan fingerprint density at radius 1 is 1.15 bits per heavy atom. The number of ether oxygens (including phenoxy) is 1. The predicted molar refractivity (Wildman–Crippen MR) is 104 cm³/mol. The van der Waals surface area contributed by atoms with Crippen molar-refractivity contribution < 1.29 is 14.5 Å². The van der Waals surface area contributed by atoms with Crippen molar-refractivity contribution in [2.24, 2.45) is 4.99 Å². The SMILES string of the molecule is CC(C)(C)c1ccc(/C=C2/N=C(c3cc([N+](=O)[O-])ccc3Cl)OC2=O)cc1. The van der Waals surface area contributed by atoms with Gasteiger partial charge in [-0.1, -0.05) is 56.6 Å². The zero-order valence-corrected chi connectivity index (χ0v) is 15.8. The second-order valence-electron chi connectivity index (χ2n) is 7.13. The fourth-order valence-corrected chi connectivity index (χ4v) is 2.75. The van der Waals surface area contributed by atoms with Gasteiger partial charge in [0, 0.05) is 12.1 Å². The van der Waals surface area contributed by atoms with E-state index >= 15 is 0 Å². The van der Waals surface area contributed by atoms with Crippen molar-refractivity contribution in [1.82, 2.24) is 0 Å². The Kier molecular flexibility index (Phi) is 4.85. The van der Waals surface area contributed by atoms with Crippen LogP contribution in [0.15, 0.2) is 53.2 Å². The van der Waals surface area contributed by atoms with Crippen LogP contribution in [0.4, 0.5) is 5.69 Å². The van der Waals surface area contributed by atoms with E-state index in [0.717, 1.165) is 5.56 Å². The zero-order valence-electron chi connectivity index (χ0n) is 15.0. The highest BCUT2D eigenvalue weighted by atomic mass is 35.5. The number of carbonyl (C=O) groups excluding carboxylic acids is 1. The molecule has 7 heteroatoms. The third-order valence-corrected chi connectivity index (χ3v) is 4.42. The average molecular weight is 385 g/mol. The standard InChI is InChI=1S/C20H17ClN2O4/c1-20(2,3)13-6-4-12(5-7-13)10-17-19(24)27-18(22-17)15-11-14(23(25)26)8-9-16(15)21/h4-11H,1-3H3/b17-10+. The van der Waals surface area contributed by atoms with Crippen LogP contribution in [-0.4, -0.2) is 16.8 Å². The molecule has 27 heavy (non-hydrogen) atoms. The number of cyclic esters (lactones) is 1. The maximum atomic E-state index is 12.1. The number of aliphatic imine (C=N–C) groups is 1. The molecule has 0 N–H and O–H groups in total. The Hall–Kier alpha value is -2.99. The van der Waals surface area contributed by atoms with Gasteiger partial charge in [0.05, 0.1) is 15.5 Å². The number of hydrogen-bond donors (Lipinski definition) is 0. The molecular formula is C20H17ClN2O4. The lowest BCUT2D eigenvalue weighted by atomic mass is 9.87. The Labute approximate surface area is 161 Å². The summed E-state index contributed by atoms with van der Waals surface area (Å²) in [5.41, 5.74) is 2.14. The lowest BCUT2D eigenvalue weighted by Gasteiger charge is -2.18. The molecule has 1 aliphatic rings. The largest absolute Gasteiger partial charge is 0.402 e. The van der Waals surface area contributed by atoms with Crippen LogP contribution < -0.4 is 0 Å². The number of halogens is 1. The van der Waals surface area contributed by atoms with Crippen molar-refractivity contribution in [2.75, 3.05) is 0 Å². The number of nitro benzene ring substituents is 1. The number of nitrogens with zero attached hydrogens (tertiary/aromatic N) is 2. The van der Waals surface area contributed by atoms with E-state index in [0.29, 0.717) is 0 Å². The molecule has 2 aromatic carbocycles. The summed E-state index contributed by atoms with van der Waals surface area (Å²) in [6, 6.07) is 11.7. The molecule has 0 bridgehead atoms. The van der Waals surface area contributed by atoms with Crippen molar-refractivity contribution in [3.05, 3.63) is 80.0 Å². The minimum absolute atomic E-state index is 0.0298. The smallest absolute Gasteiger partial charge is 0.363 e. The predicted octanol–water partition coefficient (Wildman–Crippen LogP) is 4.89. The average Bonchev–Trinajstić information content (AvgIpc) is 2.95. The van der Waals surface area contributed by atoms with E-state index in [1.165, 1.54) is 23.8 Å². The number of benzene rings is 2. The topological polar surface area (TPSA) is 81.8 Å². The highest BCUT2D eigenvalue weighted by Gasteiger charge is 2.27. The number of esters is 1. The number of rotatable bonds is 3. The molecule has 0 amide bonds. The molecule has 138 valence electrons. The Bertz CT molecular complexity index is 986. The van der Waals surface area contributed by atoms with Gasteiger partial charge in [0.2, 0.25) is 5.90 Å². The summed E-state index contributed by atoms with van der Waals surface area (Å²) in [6.45, 7) is 6.36. The van der Waals surface area contributed by atoms with Crippen LogP contribution in [0.5, 0.6) is 0 Å². The highest BCUT2D eigenvalue weighted by molar-refractivity contribution is 6.34. The normalized spacial score (nSPS) is 15.6. The van der Waals surface area contributed by atoms with Gasteiger partial charge in [-0.05, 0) is 28.7 Å². The van der Waals surface area contributed by atoms with Crippen LogP contribution in [0, 0.1) is 10.1 Å². The first kappa shape index (κ1) is 18.8. The zero-order chi connectivity index (χ0) is 19.8. The molecule has 0 spiro atoms. The van der Waals surface area contributed by atoms with E-state index in [-0.39, 0.29) is 33.3 Å². The fraction of sp³-hybridized carbons (Fsp3) is 0.200. The van der Waals surface area contributed by atoms with E-state index in [4.69, 9.17) is 16.3 Å². The Morgan fingerprint density at radius 2 is 1.81 bits per heavy atom. The molecule has 0 fully saturated rings. The Morgan fingerprint density at radius 3 is 2.41 bits per heavy atom. The number of nitro groups is 1. The van der Waals surface area contributed by atoms with Crippen LogP contribution in [-0.2, 0) is 14.9 Å². The van der Waals surface area contributed by atoms with Crippen molar-refractivity contribution >= 4 is 35.2 Å². The summed E-state index contributed by atoms with van der Waals surface area (Å²) in [7, 11) is 0. The summed E-state index contributed by atoms with van der Waals surface area (Å²) >= 11 is 6.08. The summed E-state index contributed by atoms with van der Waals surface area (Å²) in [4.78, 5) is 26.7. The molecule has 1 aliphatic heterocycles. The molecule has 3 rings (SSSR count). The molecule has 0 aliphatic carbocycles. The molecule has 0 aromatic heterocycles. The van der Waals surface area contributed by atoms with Gasteiger partial charge in [-0.25, -0.2) is 9.79 Å². The van der Waals surface area contributed by atoms with Gasteiger partial charge < -0.3 is 4.74 Å². The molecule has 6 nitrogen and oxygen atoms in total. The molecule has 0 saturated carbocycles. The van der Waals surface area contributed by atoms with E-state index in [9.17, 15) is 14.9 Å². The first-order valence-corrected chi connectivity index (χ1v) is 8.60. The third-order valence-electron chi connectivity index (χ3n) is 4.09. The lowest BCUT2D eigenvalue weighted by molar-refractivity contribution is -0.384. The lowest BCUT2D eigenvalue weighted by Crippen LogP contribution is -2.10. The van der Waals surface area contributed by atoms with Crippen LogP contribution in [0.3, 0.4) is 0 Å². The number of hydrogen-bond acceptors (Lipinski definition) is 5. The molecular weight excluding hydrogens is 368 g/mol. The van der Waals surface area contributed by atoms with Gasteiger partial charge in [0.1, 0.15) is 0 Å². The first-order valence-electron chi connectivity index (χ1n) is 8.22. The van der Waals surface area contributed by atoms with Crippen molar-refractivity contribution in [3.63, 3.8) is 0 Å². The summed E-state index contributed by atoms with van der Waals surface area (Å²) in [5.74, 6) is -0.682. The summed E-state index contributed by atoms with van der Waals surface area (Å²) in [6.07, 6.45) is 1.60. The van der Waals surface area contributed by atoms with Crippen LogP contribution >= 0.6 is 11.6 Å². The van der Waals surface area contributed by atoms with E-state index in [1.807, 2.05) is 24.3 Å². The third kappa shape index (κ3) is 4.06. The molecule has 1 heterocycles. The molecule has 2 aromatic rings. The second-order valence-corrected chi connectivity index (χ2v) is 7.54. The van der Waals surface area contributed by atoms with Crippen LogP contribution in [0.1, 0.15) is 37.5 Å². The summed E-state index contributed by atoms with van der Waals surface area (Å²) < 4.78 is 5.16. The van der Waals surface area contributed by atoms with E-state index < -0.39 is 10.9 Å². The van der Waals surface area contributed by atoms with Gasteiger partial charge in [-0.2, -0.15) is 0 Å². The van der Waals surface area contributed by atoms with Gasteiger partial charge in [0.25, 0.3) is 5.69 Å². The molecule has 0 atom stereocenters. The van der Waals surface area contributed by atoms with Gasteiger partial charge in [-0.3, -0.25) is 10.1 Å². The summed E-state index contributed by atoms with van der Waals surface area (Å²) in [5, 5.41) is 11.2. The van der Waals surface area contributed by atoms with Crippen molar-refractivity contribution in [3.8, 4) is 0 Å². The quantitative estimate of drug-likeness (QED) is 0.326. The van der Waals surface area contributed by atoms with Gasteiger partial charge in [0.15, 0.2) is 5.70 Å². The van der Waals surface area contributed by atoms with Gasteiger partial charge in [-0.15, -0.1) is 0 Å². The first-order chi connectivity index (χ1) is 12.6. The molecule has 0 saturated heterocycles. The minimum Gasteiger partial charge on any atom is -0.402 e. The van der Waals surface area contributed by atoms with Crippen LogP contribution in [0.25, 0.3) is 6.08 Å². The maximum absolute atomic E-state index is 12.1. The number of non-ortho nitro benzene ring substituents is 1. The molecule has 0 unspecified atom stereocenters. The monoisotopic (exact) mass is 384 g/mol. The van der Waals surface area contributed by atoms with E-state index in [1.54, 1.807) is 6.08 Å². The number of carbonyl (C=O) groups is 1. The van der Waals surface area contributed by atoms with E-state index in [2.05, 4.69) is 25.8 Å².